The third kappa shape index (κ3) is 5.22. The molecule has 0 heterocycles. The highest BCUT2D eigenvalue weighted by Crippen LogP contribution is 2.34. The first-order valence-corrected chi connectivity index (χ1v) is 8.98. The molecule has 3 aromatic carbocycles. The van der Waals surface area contributed by atoms with Gasteiger partial charge in [-0.05, 0) is 35.4 Å². The van der Waals surface area contributed by atoms with Crippen LogP contribution in [0.4, 0.5) is 11.4 Å². The Kier molecular flexibility index (Phi) is 6.47. The van der Waals surface area contributed by atoms with Gasteiger partial charge in [-0.1, -0.05) is 53.5 Å². The standard InChI is InChI=1S/C20H15Cl2N3O3/c21-18-10-15(12-23-24-16-6-8-17(9-7-16)25(26)27)11-19(22)20(18)28-13-14-4-2-1-3-5-14/h1-12,24H,13H2/b23-12+. The van der Waals surface area contributed by atoms with E-state index in [0.29, 0.717) is 33.7 Å². The second-order valence-electron chi connectivity index (χ2n) is 5.76. The SMILES string of the molecule is O=[N+]([O-])c1ccc(N/N=C/c2cc(Cl)c(OCc3ccccc3)c(Cl)c2)cc1. The van der Waals surface area contributed by atoms with Crippen molar-refractivity contribution in [3.05, 3.63) is 98.0 Å². The van der Waals surface area contributed by atoms with E-state index < -0.39 is 4.92 Å². The van der Waals surface area contributed by atoms with Crippen molar-refractivity contribution in [2.24, 2.45) is 5.10 Å². The lowest BCUT2D eigenvalue weighted by Gasteiger charge is -2.11. The van der Waals surface area contributed by atoms with Crippen LogP contribution >= 0.6 is 23.2 Å². The fraction of sp³-hybridized carbons (Fsp3) is 0.0500. The Morgan fingerprint density at radius 3 is 2.29 bits per heavy atom. The van der Waals surface area contributed by atoms with Crippen LogP contribution in [0.2, 0.25) is 10.0 Å². The summed E-state index contributed by atoms with van der Waals surface area (Å²) in [7, 11) is 0. The predicted octanol–water partition coefficient (Wildman–Crippen LogP) is 5.93. The van der Waals surface area contributed by atoms with Crippen LogP contribution in [0.1, 0.15) is 11.1 Å². The molecule has 0 bridgehead atoms. The normalized spacial score (nSPS) is 10.8. The largest absolute Gasteiger partial charge is 0.486 e. The molecule has 0 fully saturated rings. The Morgan fingerprint density at radius 1 is 1.04 bits per heavy atom. The van der Waals surface area contributed by atoms with E-state index in [1.165, 1.54) is 12.1 Å². The first-order chi connectivity index (χ1) is 13.5. The number of nitro groups is 1. The number of rotatable bonds is 7. The van der Waals surface area contributed by atoms with Gasteiger partial charge in [-0.2, -0.15) is 5.10 Å². The number of hydrogen-bond acceptors (Lipinski definition) is 5. The maximum Gasteiger partial charge on any atom is 0.269 e. The lowest BCUT2D eigenvalue weighted by molar-refractivity contribution is -0.384. The van der Waals surface area contributed by atoms with Crippen molar-refractivity contribution in [3.63, 3.8) is 0 Å². The van der Waals surface area contributed by atoms with E-state index in [1.807, 2.05) is 30.3 Å². The molecule has 0 aliphatic rings. The molecule has 0 saturated heterocycles. The number of non-ortho nitro benzene ring substituents is 1. The molecule has 1 N–H and O–H groups in total. The molecule has 0 aromatic heterocycles. The summed E-state index contributed by atoms with van der Waals surface area (Å²) in [5.74, 6) is 0.410. The van der Waals surface area contributed by atoms with Gasteiger partial charge in [0.25, 0.3) is 5.69 Å². The smallest absolute Gasteiger partial charge is 0.269 e. The van der Waals surface area contributed by atoms with Crippen LogP contribution in [0.25, 0.3) is 0 Å². The van der Waals surface area contributed by atoms with Crippen molar-refractivity contribution in [1.82, 2.24) is 0 Å². The molecule has 3 aromatic rings. The first-order valence-electron chi connectivity index (χ1n) is 8.22. The molecule has 8 heteroatoms. The van der Waals surface area contributed by atoms with Crippen LogP contribution in [0.5, 0.6) is 5.75 Å². The maximum absolute atomic E-state index is 10.7. The summed E-state index contributed by atoms with van der Waals surface area (Å²) in [5, 5.41) is 15.5. The van der Waals surface area contributed by atoms with Gasteiger partial charge in [-0.25, -0.2) is 0 Å². The fourth-order valence-corrected chi connectivity index (χ4v) is 2.97. The molecule has 0 atom stereocenters. The van der Waals surface area contributed by atoms with Gasteiger partial charge < -0.3 is 4.74 Å². The molecular formula is C20H15Cl2N3O3. The van der Waals surface area contributed by atoms with Gasteiger partial charge in [0.2, 0.25) is 0 Å². The molecule has 0 aliphatic carbocycles. The zero-order chi connectivity index (χ0) is 19.9. The minimum Gasteiger partial charge on any atom is -0.486 e. The first kappa shape index (κ1) is 19.7. The van der Waals surface area contributed by atoms with Gasteiger partial charge in [-0.15, -0.1) is 0 Å². The average Bonchev–Trinajstić information content (AvgIpc) is 2.68. The van der Waals surface area contributed by atoms with Crippen LogP contribution in [-0.2, 0) is 6.61 Å². The minimum atomic E-state index is -0.460. The van der Waals surface area contributed by atoms with Crippen molar-refractivity contribution in [2.75, 3.05) is 5.43 Å². The van der Waals surface area contributed by atoms with E-state index in [9.17, 15) is 10.1 Å². The highest BCUT2D eigenvalue weighted by molar-refractivity contribution is 6.37. The summed E-state index contributed by atoms with van der Waals surface area (Å²) < 4.78 is 5.73. The monoisotopic (exact) mass is 415 g/mol. The summed E-state index contributed by atoms with van der Waals surface area (Å²) >= 11 is 12.6. The van der Waals surface area contributed by atoms with Crippen molar-refractivity contribution in [2.45, 2.75) is 6.61 Å². The minimum absolute atomic E-state index is 0.0131. The summed E-state index contributed by atoms with van der Waals surface area (Å²) in [5.41, 5.74) is 5.10. The third-order valence-corrected chi connectivity index (χ3v) is 4.29. The molecule has 0 radical (unpaired) electrons. The van der Waals surface area contributed by atoms with Gasteiger partial charge >= 0.3 is 0 Å². The lowest BCUT2D eigenvalue weighted by atomic mass is 10.2. The molecule has 0 aliphatic heterocycles. The van der Waals surface area contributed by atoms with Crippen LogP contribution in [-0.4, -0.2) is 11.1 Å². The molecule has 0 saturated carbocycles. The molecule has 0 unspecified atom stereocenters. The van der Waals surface area contributed by atoms with E-state index in [2.05, 4.69) is 10.5 Å². The van der Waals surface area contributed by atoms with Crippen molar-refractivity contribution < 1.29 is 9.66 Å². The zero-order valence-corrected chi connectivity index (χ0v) is 16.0. The van der Waals surface area contributed by atoms with Gasteiger partial charge in [0.1, 0.15) is 6.61 Å². The van der Waals surface area contributed by atoms with Crippen LogP contribution < -0.4 is 10.2 Å². The predicted molar refractivity (Wildman–Crippen MR) is 112 cm³/mol. The second-order valence-corrected chi connectivity index (χ2v) is 6.58. The van der Waals surface area contributed by atoms with E-state index in [4.69, 9.17) is 27.9 Å². The fourth-order valence-electron chi connectivity index (χ4n) is 2.36. The Labute approximate surface area is 171 Å². The quantitative estimate of drug-likeness (QED) is 0.294. The molecule has 0 amide bonds. The summed E-state index contributed by atoms with van der Waals surface area (Å²) in [6.07, 6.45) is 1.54. The summed E-state index contributed by atoms with van der Waals surface area (Å²) in [6, 6.07) is 19.0. The number of nitrogens with zero attached hydrogens (tertiary/aromatic N) is 2. The average molecular weight is 416 g/mol. The van der Waals surface area contributed by atoms with Crippen molar-refractivity contribution >= 4 is 40.8 Å². The van der Waals surface area contributed by atoms with Crippen molar-refractivity contribution in [1.29, 1.82) is 0 Å². The number of hydrazone groups is 1. The second kappa shape index (κ2) is 9.21. The highest BCUT2D eigenvalue weighted by atomic mass is 35.5. The number of nitro benzene ring substituents is 1. The van der Waals surface area contributed by atoms with Gasteiger partial charge in [0.05, 0.1) is 26.9 Å². The molecule has 28 heavy (non-hydrogen) atoms. The summed E-state index contributed by atoms with van der Waals surface area (Å²) in [6.45, 7) is 0.357. The third-order valence-electron chi connectivity index (χ3n) is 3.73. The van der Waals surface area contributed by atoms with Gasteiger partial charge in [-0.3, -0.25) is 15.5 Å². The van der Waals surface area contributed by atoms with Crippen molar-refractivity contribution in [3.8, 4) is 5.75 Å². The van der Waals surface area contributed by atoms with Crippen LogP contribution in [0.3, 0.4) is 0 Å². The Bertz CT molecular complexity index is 970. The number of anilines is 1. The topological polar surface area (TPSA) is 76.8 Å². The van der Waals surface area contributed by atoms with Crippen LogP contribution in [0, 0.1) is 10.1 Å². The Hall–Kier alpha value is -3.09. The van der Waals surface area contributed by atoms with E-state index >= 15 is 0 Å². The number of benzene rings is 3. The number of halogens is 2. The number of hydrogen-bond donors (Lipinski definition) is 1. The molecule has 0 spiro atoms. The van der Waals surface area contributed by atoms with Gasteiger partial charge in [0, 0.05) is 12.1 Å². The molecule has 142 valence electrons. The highest BCUT2D eigenvalue weighted by Gasteiger charge is 2.10. The Balaban J connectivity index is 1.64. The number of ether oxygens (including phenoxy) is 1. The van der Waals surface area contributed by atoms with E-state index in [-0.39, 0.29) is 5.69 Å². The zero-order valence-electron chi connectivity index (χ0n) is 14.5. The van der Waals surface area contributed by atoms with E-state index in [1.54, 1.807) is 30.5 Å². The Morgan fingerprint density at radius 2 is 1.68 bits per heavy atom. The molecule has 3 rings (SSSR count). The lowest BCUT2D eigenvalue weighted by Crippen LogP contribution is -1.97. The van der Waals surface area contributed by atoms with Gasteiger partial charge in [0.15, 0.2) is 5.75 Å². The van der Waals surface area contributed by atoms with Crippen LogP contribution in [0.15, 0.2) is 71.8 Å². The van der Waals surface area contributed by atoms with E-state index in [0.717, 1.165) is 5.56 Å². The number of nitrogens with one attached hydrogen (secondary N) is 1. The molecule has 6 nitrogen and oxygen atoms in total. The summed E-state index contributed by atoms with van der Waals surface area (Å²) in [4.78, 5) is 10.2. The maximum atomic E-state index is 10.7. The molecular weight excluding hydrogens is 401 g/mol.